The van der Waals surface area contributed by atoms with Crippen LogP contribution in [0.1, 0.15) is 35.6 Å². The predicted molar refractivity (Wildman–Crippen MR) is 131 cm³/mol. The first-order valence-corrected chi connectivity index (χ1v) is 10.9. The molecule has 3 aromatic carbocycles. The van der Waals surface area contributed by atoms with Crippen molar-refractivity contribution in [1.29, 1.82) is 0 Å². The molecule has 4 nitrogen and oxygen atoms in total. The van der Waals surface area contributed by atoms with Crippen LogP contribution in [0.15, 0.2) is 72.9 Å². The van der Waals surface area contributed by atoms with Crippen molar-refractivity contribution in [2.45, 2.75) is 13.3 Å². The molecule has 166 valence electrons. The van der Waals surface area contributed by atoms with Crippen molar-refractivity contribution in [3.05, 3.63) is 106 Å². The third-order valence-electron chi connectivity index (χ3n) is 5.56. The number of aryl methyl sites for hydroxylation is 1. The number of carbonyl (C=O) groups is 1. The molecule has 0 fully saturated rings. The summed E-state index contributed by atoms with van der Waals surface area (Å²) < 4.78 is 15.6. The summed E-state index contributed by atoms with van der Waals surface area (Å²) in [6.07, 6.45) is 5.16. The van der Waals surface area contributed by atoms with E-state index in [-0.39, 0.29) is 5.82 Å². The van der Waals surface area contributed by atoms with Crippen molar-refractivity contribution in [3.63, 3.8) is 0 Å². The van der Waals surface area contributed by atoms with Crippen LogP contribution in [-0.4, -0.2) is 20.9 Å². The number of hydrogen-bond donors (Lipinski definition) is 1. The van der Waals surface area contributed by atoms with E-state index in [1.165, 1.54) is 12.1 Å². The molecule has 33 heavy (non-hydrogen) atoms. The molecule has 0 aliphatic rings. The number of fused-ring (bicyclic) bond motifs is 1. The fraction of sp³-hybridized carbons (Fsp3) is 0.111. The van der Waals surface area contributed by atoms with Crippen molar-refractivity contribution in [2.24, 2.45) is 7.05 Å². The van der Waals surface area contributed by atoms with Crippen molar-refractivity contribution in [2.75, 3.05) is 0 Å². The highest BCUT2D eigenvalue weighted by Gasteiger charge is 2.16. The zero-order chi connectivity index (χ0) is 23.5. The highest BCUT2D eigenvalue weighted by atomic mass is 35.5. The summed E-state index contributed by atoms with van der Waals surface area (Å²) in [6, 6.07) is 18.3. The Morgan fingerprint density at radius 3 is 2.48 bits per heavy atom. The van der Waals surface area contributed by atoms with Gasteiger partial charge in [-0.2, -0.15) is 5.10 Å². The smallest absolute Gasteiger partial charge is 0.328 e. The zero-order valence-corrected chi connectivity index (χ0v) is 19.0. The van der Waals surface area contributed by atoms with E-state index in [2.05, 4.69) is 11.2 Å². The Labute approximate surface area is 196 Å². The van der Waals surface area contributed by atoms with Gasteiger partial charge in [0.2, 0.25) is 0 Å². The van der Waals surface area contributed by atoms with Crippen LogP contribution in [0.2, 0.25) is 5.02 Å². The van der Waals surface area contributed by atoms with E-state index in [4.69, 9.17) is 16.7 Å². The third kappa shape index (κ3) is 4.73. The van der Waals surface area contributed by atoms with E-state index in [0.717, 1.165) is 50.4 Å². The molecule has 0 bridgehead atoms. The van der Waals surface area contributed by atoms with Gasteiger partial charge in [-0.1, -0.05) is 54.9 Å². The molecule has 1 aromatic heterocycles. The van der Waals surface area contributed by atoms with Gasteiger partial charge in [-0.05, 0) is 70.2 Å². The van der Waals surface area contributed by atoms with Crippen molar-refractivity contribution in [1.82, 2.24) is 9.78 Å². The summed E-state index contributed by atoms with van der Waals surface area (Å²) in [5, 5.41) is 14.6. The van der Waals surface area contributed by atoms with Gasteiger partial charge in [-0.15, -0.1) is 0 Å². The number of carboxylic acid groups (broad SMARTS) is 1. The molecule has 0 radical (unpaired) electrons. The molecule has 0 spiro atoms. The Bertz CT molecular complexity index is 1400. The number of aliphatic carboxylic acids is 1. The highest BCUT2D eigenvalue weighted by molar-refractivity contribution is 6.32. The van der Waals surface area contributed by atoms with Gasteiger partial charge in [0.05, 0.1) is 16.7 Å². The average Bonchev–Trinajstić information content (AvgIpc) is 3.17. The van der Waals surface area contributed by atoms with Gasteiger partial charge in [-0.25, -0.2) is 9.18 Å². The SMILES string of the molecule is CC/C(=C(/c1ccc(/C=C/C(=O)O)cc1)c1ccc2c(cnn2C)c1)c1ccc(F)cc1Cl. The number of carboxylic acids is 1. The van der Waals surface area contributed by atoms with E-state index in [1.807, 2.05) is 61.2 Å². The Balaban J connectivity index is 1.94. The second kappa shape index (κ2) is 9.43. The van der Waals surface area contributed by atoms with Crippen molar-refractivity contribution < 1.29 is 14.3 Å². The number of hydrogen-bond acceptors (Lipinski definition) is 2. The number of halogens is 2. The Morgan fingerprint density at radius 1 is 1.09 bits per heavy atom. The second-order valence-electron chi connectivity index (χ2n) is 7.67. The average molecular weight is 461 g/mol. The monoisotopic (exact) mass is 460 g/mol. The Kier molecular flexibility index (Phi) is 6.43. The molecule has 4 aromatic rings. The molecule has 0 atom stereocenters. The predicted octanol–water partition coefficient (Wildman–Crippen LogP) is 6.83. The van der Waals surface area contributed by atoms with Gasteiger partial charge in [0, 0.05) is 18.5 Å². The number of allylic oxidation sites excluding steroid dienone is 1. The minimum atomic E-state index is -0.997. The summed E-state index contributed by atoms with van der Waals surface area (Å²) in [6.45, 7) is 2.04. The van der Waals surface area contributed by atoms with E-state index in [9.17, 15) is 9.18 Å². The van der Waals surface area contributed by atoms with Crippen LogP contribution in [0, 0.1) is 5.82 Å². The maximum atomic E-state index is 13.8. The molecule has 6 heteroatoms. The molecule has 1 heterocycles. The molecular weight excluding hydrogens is 439 g/mol. The Morgan fingerprint density at radius 2 is 1.82 bits per heavy atom. The topological polar surface area (TPSA) is 55.1 Å². The Hall–Kier alpha value is -3.70. The van der Waals surface area contributed by atoms with E-state index in [0.29, 0.717) is 11.4 Å². The van der Waals surface area contributed by atoms with Gasteiger partial charge >= 0.3 is 5.97 Å². The van der Waals surface area contributed by atoms with Gasteiger partial charge in [0.15, 0.2) is 0 Å². The van der Waals surface area contributed by atoms with Crippen LogP contribution in [0.3, 0.4) is 0 Å². The number of nitrogens with zero attached hydrogens (tertiary/aromatic N) is 2. The van der Waals surface area contributed by atoms with E-state index >= 15 is 0 Å². The summed E-state index contributed by atoms with van der Waals surface area (Å²) in [4.78, 5) is 10.8. The summed E-state index contributed by atoms with van der Waals surface area (Å²) in [7, 11) is 1.90. The second-order valence-corrected chi connectivity index (χ2v) is 8.07. The first kappa shape index (κ1) is 22.5. The minimum Gasteiger partial charge on any atom is -0.478 e. The van der Waals surface area contributed by atoms with Crippen molar-refractivity contribution >= 4 is 45.7 Å². The van der Waals surface area contributed by atoms with Crippen LogP contribution in [0.25, 0.3) is 28.1 Å². The summed E-state index contributed by atoms with van der Waals surface area (Å²) in [5.74, 6) is -1.38. The normalized spacial score (nSPS) is 12.4. The van der Waals surface area contributed by atoms with E-state index < -0.39 is 5.97 Å². The molecule has 0 aliphatic heterocycles. The lowest BCUT2D eigenvalue weighted by Gasteiger charge is -2.18. The van der Waals surface area contributed by atoms with E-state index in [1.54, 1.807) is 12.1 Å². The molecule has 1 N–H and O–H groups in total. The fourth-order valence-corrected chi connectivity index (χ4v) is 4.28. The van der Waals surface area contributed by atoms with Crippen LogP contribution in [0.4, 0.5) is 4.39 Å². The lowest BCUT2D eigenvalue weighted by atomic mass is 9.87. The highest BCUT2D eigenvalue weighted by Crippen LogP contribution is 2.38. The lowest BCUT2D eigenvalue weighted by Crippen LogP contribution is -1.97. The van der Waals surface area contributed by atoms with Crippen LogP contribution >= 0.6 is 11.6 Å². The standard InChI is InChI=1S/C27H22ClFN2O2/c1-3-22(23-11-10-21(29)15-24(23)28)27(18-7-4-17(5-8-18)6-13-26(32)33)19-9-12-25-20(14-19)16-30-31(25)2/h4-16H,3H2,1-2H3,(H,32,33)/b13-6+,27-22+. The maximum Gasteiger partial charge on any atom is 0.328 e. The summed E-state index contributed by atoms with van der Waals surface area (Å²) >= 11 is 6.46. The molecule has 4 rings (SSSR count). The molecule has 0 amide bonds. The number of rotatable bonds is 6. The molecule has 0 unspecified atom stereocenters. The minimum absolute atomic E-state index is 0.354. The maximum absolute atomic E-state index is 13.8. The van der Waals surface area contributed by atoms with Gasteiger partial charge in [0.1, 0.15) is 5.82 Å². The van der Waals surface area contributed by atoms with Crippen LogP contribution in [0.5, 0.6) is 0 Å². The van der Waals surface area contributed by atoms with Gasteiger partial charge < -0.3 is 5.11 Å². The largest absolute Gasteiger partial charge is 0.478 e. The lowest BCUT2D eigenvalue weighted by molar-refractivity contribution is -0.131. The first-order chi connectivity index (χ1) is 15.9. The molecular formula is C27H22ClFN2O2. The van der Waals surface area contributed by atoms with Gasteiger partial charge in [0.25, 0.3) is 0 Å². The summed E-state index contributed by atoms with van der Waals surface area (Å²) in [5.41, 5.74) is 6.47. The quantitative estimate of drug-likeness (QED) is 0.253. The molecule has 0 saturated carbocycles. The molecule has 0 aliphatic carbocycles. The van der Waals surface area contributed by atoms with Crippen LogP contribution in [-0.2, 0) is 11.8 Å². The number of aromatic nitrogens is 2. The fourth-order valence-electron chi connectivity index (χ4n) is 4.00. The van der Waals surface area contributed by atoms with Crippen LogP contribution < -0.4 is 0 Å². The number of benzene rings is 3. The van der Waals surface area contributed by atoms with Gasteiger partial charge in [-0.3, -0.25) is 4.68 Å². The van der Waals surface area contributed by atoms with Crippen molar-refractivity contribution in [3.8, 4) is 0 Å². The third-order valence-corrected chi connectivity index (χ3v) is 5.88. The zero-order valence-electron chi connectivity index (χ0n) is 18.2. The molecule has 0 saturated heterocycles. The first-order valence-electron chi connectivity index (χ1n) is 10.5.